The average Bonchev–Trinajstić information content (AvgIpc) is 2.65. The van der Waals surface area contributed by atoms with Gasteiger partial charge in [0, 0.05) is 43.7 Å². The van der Waals surface area contributed by atoms with E-state index in [1.54, 1.807) is 6.20 Å². The van der Waals surface area contributed by atoms with Crippen LogP contribution in [0.5, 0.6) is 0 Å². The molecule has 0 aliphatic carbocycles. The van der Waals surface area contributed by atoms with Crippen LogP contribution in [0.15, 0.2) is 36.5 Å². The number of piperidine rings is 2. The lowest BCUT2D eigenvalue weighted by Gasteiger charge is -2.50. The van der Waals surface area contributed by atoms with E-state index in [1.807, 2.05) is 47.2 Å². The number of likely N-dealkylation sites (tertiary alicyclic amines) is 2. The second-order valence-corrected chi connectivity index (χ2v) is 7.27. The monoisotopic (exact) mass is 337 g/mol. The molecule has 1 aromatic carbocycles. The van der Waals surface area contributed by atoms with E-state index in [0.29, 0.717) is 18.5 Å². The highest BCUT2D eigenvalue weighted by Gasteiger charge is 2.44. The van der Waals surface area contributed by atoms with Crippen molar-refractivity contribution in [2.24, 2.45) is 0 Å². The summed E-state index contributed by atoms with van der Waals surface area (Å²) in [5, 5.41) is 0.977. The van der Waals surface area contributed by atoms with Crippen molar-refractivity contribution < 1.29 is 9.59 Å². The van der Waals surface area contributed by atoms with Crippen molar-refractivity contribution in [3.63, 3.8) is 0 Å². The normalized spacial score (nSPS) is 24.1. The second-order valence-electron chi connectivity index (χ2n) is 7.27. The molecule has 0 bridgehead atoms. The predicted molar refractivity (Wildman–Crippen MR) is 96.2 cm³/mol. The fourth-order valence-corrected chi connectivity index (χ4v) is 4.32. The molecule has 5 nitrogen and oxygen atoms in total. The number of carbonyl (C=O) groups is 2. The van der Waals surface area contributed by atoms with Gasteiger partial charge in [0.25, 0.3) is 5.91 Å². The summed E-state index contributed by atoms with van der Waals surface area (Å²) in [6.45, 7) is 1.40. The van der Waals surface area contributed by atoms with Gasteiger partial charge in [-0.15, -0.1) is 0 Å². The Morgan fingerprint density at radius 1 is 1.20 bits per heavy atom. The van der Waals surface area contributed by atoms with Gasteiger partial charge in [-0.2, -0.15) is 0 Å². The Bertz CT molecular complexity index is 831. The van der Waals surface area contributed by atoms with Crippen molar-refractivity contribution in [2.75, 3.05) is 20.1 Å². The quantitative estimate of drug-likeness (QED) is 0.804. The van der Waals surface area contributed by atoms with Crippen LogP contribution in [0.4, 0.5) is 0 Å². The van der Waals surface area contributed by atoms with Crippen LogP contribution in [0.25, 0.3) is 10.9 Å². The van der Waals surface area contributed by atoms with Crippen LogP contribution >= 0.6 is 0 Å². The van der Waals surface area contributed by atoms with Gasteiger partial charge < -0.3 is 9.80 Å². The molecular weight excluding hydrogens is 314 g/mol. The van der Waals surface area contributed by atoms with Crippen molar-refractivity contribution in [1.29, 1.82) is 0 Å². The Kier molecular flexibility index (Phi) is 3.94. The third kappa shape index (κ3) is 2.77. The molecule has 1 spiro atoms. The topological polar surface area (TPSA) is 53.5 Å². The summed E-state index contributed by atoms with van der Waals surface area (Å²) in [5.74, 6) is 0.258. The zero-order valence-electron chi connectivity index (χ0n) is 14.6. The van der Waals surface area contributed by atoms with Gasteiger partial charge in [-0.3, -0.25) is 14.6 Å². The Hall–Kier alpha value is -2.43. The number of carbonyl (C=O) groups excluding carboxylic acids is 2. The number of hydrogen-bond donors (Lipinski definition) is 0. The maximum absolute atomic E-state index is 13.1. The van der Waals surface area contributed by atoms with Crippen LogP contribution < -0.4 is 0 Å². The maximum Gasteiger partial charge on any atom is 0.253 e. The van der Waals surface area contributed by atoms with Crippen LogP contribution in [0, 0.1) is 0 Å². The predicted octanol–water partition coefficient (Wildman–Crippen LogP) is 2.85. The summed E-state index contributed by atoms with van der Waals surface area (Å²) in [7, 11) is 1.90. The van der Waals surface area contributed by atoms with Gasteiger partial charge in [0.15, 0.2) is 0 Å². The molecule has 2 aliphatic heterocycles. The van der Waals surface area contributed by atoms with Gasteiger partial charge in [-0.25, -0.2) is 0 Å². The second kappa shape index (κ2) is 6.14. The number of rotatable bonds is 1. The molecule has 0 N–H and O–H groups in total. The smallest absolute Gasteiger partial charge is 0.253 e. The lowest BCUT2D eigenvalue weighted by atomic mass is 9.80. The van der Waals surface area contributed by atoms with Crippen molar-refractivity contribution in [1.82, 2.24) is 14.8 Å². The summed E-state index contributed by atoms with van der Waals surface area (Å²) in [6.07, 6.45) is 6.23. The Labute approximate surface area is 147 Å². The third-order valence-corrected chi connectivity index (χ3v) is 5.81. The average molecular weight is 337 g/mol. The van der Waals surface area contributed by atoms with Gasteiger partial charge in [-0.05, 0) is 49.9 Å². The van der Waals surface area contributed by atoms with Crippen LogP contribution in [-0.2, 0) is 4.79 Å². The lowest BCUT2D eigenvalue weighted by Crippen LogP contribution is -2.61. The minimum absolute atomic E-state index is 0.0521. The number of amides is 2. The fraction of sp³-hybridized carbons (Fsp3) is 0.450. The summed E-state index contributed by atoms with van der Waals surface area (Å²) in [5.41, 5.74) is 1.41. The molecular formula is C20H23N3O2. The molecule has 0 radical (unpaired) electrons. The number of nitrogens with zero attached hydrogens (tertiary/aromatic N) is 3. The van der Waals surface area contributed by atoms with Gasteiger partial charge >= 0.3 is 0 Å². The van der Waals surface area contributed by atoms with E-state index in [-0.39, 0.29) is 17.4 Å². The zero-order valence-corrected chi connectivity index (χ0v) is 14.6. The molecule has 130 valence electrons. The van der Waals surface area contributed by atoms with E-state index in [9.17, 15) is 9.59 Å². The summed E-state index contributed by atoms with van der Waals surface area (Å²) in [4.78, 5) is 33.4. The van der Waals surface area contributed by atoms with Crippen LogP contribution in [-0.4, -0.2) is 52.3 Å². The largest absolute Gasteiger partial charge is 0.338 e. The van der Waals surface area contributed by atoms with Crippen molar-refractivity contribution in [2.45, 2.75) is 37.6 Å². The molecule has 1 atom stereocenters. The van der Waals surface area contributed by atoms with E-state index in [0.717, 1.165) is 43.1 Å². The van der Waals surface area contributed by atoms with E-state index >= 15 is 0 Å². The highest BCUT2D eigenvalue weighted by atomic mass is 16.2. The Morgan fingerprint density at radius 2 is 2.04 bits per heavy atom. The van der Waals surface area contributed by atoms with Crippen LogP contribution in [0.2, 0.25) is 0 Å². The highest BCUT2D eigenvalue weighted by molar-refractivity contribution is 5.98. The summed E-state index contributed by atoms with van der Waals surface area (Å²) in [6, 6.07) is 9.54. The van der Waals surface area contributed by atoms with Crippen molar-refractivity contribution in [3.8, 4) is 0 Å². The summed E-state index contributed by atoms with van der Waals surface area (Å²) < 4.78 is 0. The maximum atomic E-state index is 13.1. The van der Waals surface area contributed by atoms with Crippen molar-refractivity contribution >= 4 is 22.7 Å². The van der Waals surface area contributed by atoms with Crippen LogP contribution in [0.3, 0.4) is 0 Å². The molecule has 2 aliphatic rings. The van der Waals surface area contributed by atoms with Crippen LogP contribution in [0.1, 0.15) is 42.5 Å². The molecule has 5 heteroatoms. The Morgan fingerprint density at radius 3 is 2.92 bits per heavy atom. The number of hydrogen-bond acceptors (Lipinski definition) is 3. The van der Waals surface area contributed by atoms with Gasteiger partial charge in [0.2, 0.25) is 5.91 Å². The molecule has 2 fully saturated rings. The van der Waals surface area contributed by atoms with Gasteiger partial charge in [-0.1, -0.05) is 6.07 Å². The molecule has 2 aromatic rings. The van der Waals surface area contributed by atoms with Crippen molar-refractivity contribution in [3.05, 3.63) is 42.1 Å². The standard InChI is InChI=1S/C20H23N3O2/c1-22-18(24)6-2-9-20(22)10-4-12-23(14-20)19(25)16-7-8-17-15(13-16)5-3-11-21-17/h3,5,7-8,11,13H,2,4,6,9-10,12,14H2,1H3/t20-/m0/s1. The molecule has 2 saturated heterocycles. The molecule has 0 unspecified atom stereocenters. The molecule has 25 heavy (non-hydrogen) atoms. The van der Waals surface area contributed by atoms with Gasteiger partial charge in [0.05, 0.1) is 11.1 Å². The van der Waals surface area contributed by atoms with E-state index in [4.69, 9.17) is 0 Å². The van der Waals surface area contributed by atoms with E-state index in [1.165, 1.54) is 0 Å². The molecule has 2 amide bonds. The molecule has 4 rings (SSSR count). The van der Waals surface area contributed by atoms with E-state index in [2.05, 4.69) is 4.98 Å². The number of aromatic nitrogens is 1. The first-order valence-corrected chi connectivity index (χ1v) is 9.00. The minimum Gasteiger partial charge on any atom is -0.338 e. The number of pyridine rings is 1. The minimum atomic E-state index is -0.179. The first-order chi connectivity index (χ1) is 12.1. The number of benzene rings is 1. The highest BCUT2D eigenvalue weighted by Crippen LogP contribution is 2.36. The third-order valence-electron chi connectivity index (χ3n) is 5.81. The Balaban J connectivity index is 1.59. The lowest BCUT2D eigenvalue weighted by molar-refractivity contribution is -0.142. The zero-order chi connectivity index (χ0) is 17.4. The first kappa shape index (κ1) is 16.1. The SMILES string of the molecule is CN1C(=O)CCC[C@@]12CCCN(C(=O)c1ccc3ncccc3c1)C2. The number of fused-ring (bicyclic) bond motifs is 1. The van der Waals surface area contributed by atoms with E-state index < -0.39 is 0 Å². The number of likely N-dealkylation sites (N-methyl/N-ethyl adjacent to an activating group) is 1. The fourth-order valence-electron chi connectivity index (χ4n) is 4.32. The molecule has 1 aromatic heterocycles. The molecule has 0 saturated carbocycles. The first-order valence-electron chi connectivity index (χ1n) is 9.00. The summed E-state index contributed by atoms with van der Waals surface area (Å²) >= 11 is 0. The van der Waals surface area contributed by atoms with Gasteiger partial charge in [0.1, 0.15) is 0 Å². The molecule has 3 heterocycles.